The van der Waals surface area contributed by atoms with Crippen LogP contribution in [-0.2, 0) is 11.2 Å². The summed E-state index contributed by atoms with van der Waals surface area (Å²) < 4.78 is 0. The van der Waals surface area contributed by atoms with E-state index < -0.39 is 11.2 Å². The molecule has 0 aromatic heterocycles. The standard InChI is InChI=1S/3ClH.Fe.Mg/h3*1H;;/q;;;+3;/p-3. The van der Waals surface area contributed by atoms with E-state index in [0.29, 0.717) is 0 Å². The summed E-state index contributed by atoms with van der Waals surface area (Å²) in [6.07, 6.45) is 0. The molecule has 0 rings (SSSR count). The summed E-state index contributed by atoms with van der Waals surface area (Å²) in [5, 5.41) is 0. The van der Waals surface area contributed by atoms with Gasteiger partial charge in [-0.1, -0.05) is 0 Å². The van der Waals surface area contributed by atoms with Gasteiger partial charge in [0.05, 0.1) is 0 Å². The van der Waals surface area contributed by atoms with Gasteiger partial charge in [-0.2, -0.15) is 0 Å². The molecular formula is Cl3FeMg. The van der Waals surface area contributed by atoms with Crippen LogP contribution in [0.5, 0.6) is 0 Å². The Kier molecular flexibility index (Phi) is 12.6. The first-order chi connectivity index (χ1) is 1.73. The third kappa shape index (κ3) is 22.9. The Morgan fingerprint density at radius 2 is 1.00 bits per heavy atom. The van der Waals surface area contributed by atoms with Crippen LogP contribution in [0, 0.1) is 0 Å². The zero-order chi connectivity index (χ0) is 3.58. The maximum Gasteiger partial charge on any atom is 0 e. The molecule has 0 heterocycles. The maximum atomic E-state index is 4.89. The van der Waals surface area contributed by atoms with Gasteiger partial charge in [-0.05, 0) is 0 Å². The van der Waals surface area contributed by atoms with Crippen molar-refractivity contribution in [2.24, 2.45) is 0 Å². The fourth-order valence-electron chi connectivity index (χ4n) is 0. The predicted octanol–water partition coefficient (Wildman–Crippen LogP) is 1.69. The first-order valence-corrected chi connectivity index (χ1v) is 4.96. The average molecular weight is 187 g/mol. The van der Waals surface area contributed by atoms with Gasteiger partial charge in [0.25, 0.3) is 0 Å². The minimum atomic E-state index is -1.33. The molecule has 0 spiro atoms. The Balaban J connectivity index is 0. The van der Waals surface area contributed by atoms with Crippen molar-refractivity contribution in [1.82, 2.24) is 0 Å². The van der Waals surface area contributed by atoms with Crippen LogP contribution in [0.2, 0.25) is 0 Å². The molecule has 0 saturated carbocycles. The summed E-state index contributed by atoms with van der Waals surface area (Å²) in [6, 6.07) is 0. The second kappa shape index (κ2) is 6.16. The normalized spacial score (nSPS) is 9.00. The summed E-state index contributed by atoms with van der Waals surface area (Å²) in [5.41, 5.74) is 0. The summed E-state index contributed by atoms with van der Waals surface area (Å²) in [5.74, 6) is 0. The minimum Gasteiger partial charge on any atom is 0 e. The van der Waals surface area contributed by atoms with Crippen molar-refractivity contribution >= 4 is 53.3 Å². The van der Waals surface area contributed by atoms with Crippen molar-refractivity contribution in [2.45, 2.75) is 0 Å². The van der Waals surface area contributed by atoms with Gasteiger partial charge in [-0.3, -0.25) is 0 Å². The second-order valence-electron chi connectivity index (χ2n) is 0.152. The molecule has 0 unspecified atom stereocenters. The number of hydrogen-bond acceptors (Lipinski definition) is 0. The van der Waals surface area contributed by atoms with Gasteiger partial charge in [0, 0.05) is 23.1 Å². The number of rotatable bonds is 0. The molecule has 0 atom stereocenters. The molecule has 5 heteroatoms. The van der Waals surface area contributed by atoms with E-state index in [1.807, 2.05) is 0 Å². The third-order valence-corrected chi connectivity index (χ3v) is 0. The SMILES string of the molecule is [Cl][Fe]([Cl])[Cl].[Mg]. The first-order valence-electron chi connectivity index (χ1n) is 0.401. The van der Waals surface area contributed by atoms with E-state index >= 15 is 0 Å². The molecule has 0 bridgehead atoms. The molecule has 0 N–H and O–H groups in total. The summed E-state index contributed by atoms with van der Waals surface area (Å²) >= 11 is -1.33. The topological polar surface area (TPSA) is 0 Å². The van der Waals surface area contributed by atoms with Crippen molar-refractivity contribution in [3.8, 4) is 0 Å². The van der Waals surface area contributed by atoms with Crippen LogP contribution in [0.3, 0.4) is 0 Å². The van der Waals surface area contributed by atoms with Crippen molar-refractivity contribution in [3.05, 3.63) is 0 Å². The molecule has 0 aromatic carbocycles. The Bertz CT molecular complexity index is 11.6. The molecule has 31 valence electrons. The van der Waals surface area contributed by atoms with Crippen LogP contribution < -0.4 is 0 Å². The van der Waals surface area contributed by atoms with Crippen molar-refractivity contribution in [3.63, 3.8) is 0 Å². The van der Waals surface area contributed by atoms with E-state index in [4.69, 9.17) is 30.3 Å². The molecule has 0 aliphatic carbocycles. The van der Waals surface area contributed by atoms with E-state index in [1.54, 1.807) is 0 Å². The van der Waals surface area contributed by atoms with Crippen LogP contribution in [0.4, 0.5) is 0 Å². The molecule has 0 aliphatic rings. The maximum absolute atomic E-state index is 4.89. The van der Waals surface area contributed by atoms with Crippen LogP contribution in [0.15, 0.2) is 0 Å². The van der Waals surface area contributed by atoms with E-state index in [1.165, 1.54) is 0 Å². The zero-order valence-corrected chi connectivity index (χ0v) is 6.98. The van der Waals surface area contributed by atoms with Gasteiger partial charge in [-0.15, -0.1) is 0 Å². The van der Waals surface area contributed by atoms with Gasteiger partial charge in [0.1, 0.15) is 0 Å². The van der Waals surface area contributed by atoms with Crippen molar-refractivity contribution in [1.29, 1.82) is 0 Å². The van der Waals surface area contributed by atoms with E-state index in [9.17, 15) is 0 Å². The minimum absolute atomic E-state index is 0. The van der Waals surface area contributed by atoms with Gasteiger partial charge >= 0.3 is 41.5 Å². The molecule has 0 saturated heterocycles. The fraction of sp³-hybridized carbons (Fsp3) is 0. The molecule has 0 fully saturated rings. The molecule has 5 heavy (non-hydrogen) atoms. The molecule has 0 nitrogen and oxygen atoms in total. The van der Waals surface area contributed by atoms with Crippen molar-refractivity contribution < 1.29 is 11.2 Å². The smallest absolute Gasteiger partial charge is 0 e. The monoisotopic (exact) mass is 185 g/mol. The first kappa shape index (κ1) is 10.2. The van der Waals surface area contributed by atoms with Crippen LogP contribution >= 0.6 is 30.3 Å². The predicted molar refractivity (Wildman–Crippen MR) is 23.3 cm³/mol. The molecule has 0 amide bonds. The van der Waals surface area contributed by atoms with Gasteiger partial charge in [0.15, 0.2) is 0 Å². The third-order valence-electron chi connectivity index (χ3n) is 0. The fourth-order valence-corrected chi connectivity index (χ4v) is 0. The Labute approximate surface area is 63.9 Å². The van der Waals surface area contributed by atoms with Crippen LogP contribution in [0.1, 0.15) is 0 Å². The van der Waals surface area contributed by atoms with Crippen molar-refractivity contribution in [2.75, 3.05) is 0 Å². The van der Waals surface area contributed by atoms with Gasteiger partial charge < -0.3 is 0 Å². The average Bonchev–Trinajstić information content (AvgIpc) is 0.811. The summed E-state index contributed by atoms with van der Waals surface area (Å²) in [4.78, 5) is 0. The molecular weight excluding hydrogens is 187 g/mol. The summed E-state index contributed by atoms with van der Waals surface area (Å²) in [6.45, 7) is 0. The molecule has 2 radical (unpaired) electrons. The quantitative estimate of drug-likeness (QED) is 0.505. The largest absolute Gasteiger partial charge is 0 e. The van der Waals surface area contributed by atoms with Crippen LogP contribution in [-0.4, -0.2) is 23.1 Å². The van der Waals surface area contributed by atoms with Crippen LogP contribution in [0.25, 0.3) is 0 Å². The number of hydrogen-bond donors (Lipinski definition) is 0. The van der Waals surface area contributed by atoms with E-state index in [0.717, 1.165) is 0 Å². The molecule has 0 aromatic rings. The summed E-state index contributed by atoms with van der Waals surface area (Å²) in [7, 11) is 14.7. The number of halogens is 3. The van der Waals surface area contributed by atoms with Gasteiger partial charge in [0.2, 0.25) is 0 Å². The molecule has 0 aliphatic heterocycles. The van der Waals surface area contributed by atoms with Gasteiger partial charge in [-0.25, -0.2) is 0 Å². The Hall–Kier alpha value is 2.16. The van der Waals surface area contributed by atoms with E-state index in [-0.39, 0.29) is 23.1 Å². The Morgan fingerprint density at radius 3 is 1.00 bits per heavy atom. The second-order valence-corrected chi connectivity index (χ2v) is 5.62. The Morgan fingerprint density at radius 1 is 1.00 bits per heavy atom. The zero-order valence-electron chi connectivity index (χ0n) is 2.19. The van der Waals surface area contributed by atoms with E-state index in [2.05, 4.69) is 0 Å².